The summed E-state index contributed by atoms with van der Waals surface area (Å²) in [6.45, 7) is 0. The molecule has 0 aromatic rings. The van der Waals surface area contributed by atoms with Crippen LogP contribution in [0.1, 0.15) is 0 Å². The van der Waals surface area contributed by atoms with Crippen molar-refractivity contribution in [2.75, 3.05) is 0 Å². The first-order valence-corrected chi connectivity index (χ1v) is 9.36. The van der Waals surface area contributed by atoms with Gasteiger partial charge in [0, 0.05) is 0 Å². The van der Waals surface area contributed by atoms with E-state index in [2.05, 4.69) is 0 Å². The van der Waals surface area contributed by atoms with Crippen LogP contribution in [0.3, 0.4) is 0 Å². The van der Waals surface area contributed by atoms with Crippen molar-refractivity contribution in [1.29, 1.82) is 0 Å². The molecule has 0 aliphatic carbocycles. The van der Waals surface area contributed by atoms with Gasteiger partial charge in [-0.2, -0.15) is 0 Å². The zero-order chi connectivity index (χ0) is 4.50. The van der Waals surface area contributed by atoms with E-state index in [0.29, 0.717) is 4.48 Å². The van der Waals surface area contributed by atoms with E-state index >= 15 is 0 Å². The van der Waals surface area contributed by atoms with Crippen molar-refractivity contribution in [3.05, 3.63) is 0 Å². The molecule has 0 heterocycles. The first-order chi connectivity index (χ1) is 2.00. The van der Waals surface area contributed by atoms with Gasteiger partial charge in [-0.3, -0.25) is 0 Å². The van der Waals surface area contributed by atoms with Gasteiger partial charge >= 0.3 is 35.1 Å². The van der Waals surface area contributed by atoms with Crippen LogP contribution in [0.15, 0.2) is 0 Å². The van der Waals surface area contributed by atoms with Gasteiger partial charge in [0.05, 0.1) is 0 Å². The van der Waals surface area contributed by atoms with E-state index < -0.39 is 23.1 Å². The predicted molar refractivity (Wildman–Crippen MR) is 14.9 cm³/mol. The summed E-state index contributed by atoms with van der Waals surface area (Å²) >= 11 is -5.78. The summed E-state index contributed by atoms with van der Waals surface area (Å²) in [6.07, 6.45) is 0. The van der Waals surface area contributed by atoms with E-state index in [1.54, 1.807) is 0 Å². The Kier molecular flexibility index (Phi) is 1.65. The fourth-order valence-corrected chi connectivity index (χ4v) is 0. The van der Waals surface area contributed by atoms with Crippen molar-refractivity contribution < 1.29 is 7.53 Å². The minimum atomic E-state index is -5.78. The molecule has 0 aliphatic rings. The van der Waals surface area contributed by atoms with E-state index in [-0.39, 0.29) is 0 Å². The van der Waals surface area contributed by atoms with E-state index in [4.69, 9.17) is 0 Å². The zero-order valence-corrected chi connectivity index (χ0v) is 6.52. The van der Waals surface area contributed by atoms with Gasteiger partial charge in [0.15, 0.2) is 0 Å². The normalized spacial score (nSPS) is 12.0. The quantitative estimate of drug-likeness (QED) is 0.589. The standard InChI is InChI=1S/CH3.3FH.Pb/h1H3;3*1H;/q;;;;+3/p-3. The third-order valence-corrected chi connectivity index (χ3v) is 0. The molecule has 0 saturated carbocycles. The fourth-order valence-electron chi connectivity index (χ4n) is 0. The molecule has 0 spiro atoms. The molecule has 32 valence electrons. The summed E-state index contributed by atoms with van der Waals surface area (Å²) in [6, 6.07) is 0. The first-order valence-electron chi connectivity index (χ1n) is 1.07. The molecular weight excluding hydrogens is 276 g/mol. The molecule has 0 radical (unpaired) electrons. The van der Waals surface area contributed by atoms with Crippen LogP contribution in [-0.4, -0.2) is 23.1 Å². The molecule has 0 aromatic carbocycles. The van der Waals surface area contributed by atoms with Crippen molar-refractivity contribution in [2.24, 2.45) is 0 Å². The molecule has 0 rings (SSSR count). The fraction of sp³-hybridized carbons (Fsp3) is 1.00. The summed E-state index contributed by atoms with van der Waals surface area (Å²) < 4.78 is 32.1. The average molecular weight is 279 g/mol. The summed E-state index contributed by atoms with van der Waals surface area (Å²) in [5, 5.41) is 0. The molecule has 0 aromatic heterocycles. The molecule has 0 unspecified atom stereocenters. The maximum atomic E-state index is 10.6. The average Bonchev–Trinajstić information content (AvgIpc) is 0.722. The van der Waals surface area contributed by atoms with Crippen molar-refractivity contribution in [3.63, 3.8) is 0 Å². The van der Waals surface area contributed by atoms with Crippen LogP contribution in [0.5, 0.6) is 0 Å². The molecular formula is CH3F3Pb. The van der Waals surface area contributed by atoms with Crippen LogP contribution in [0, 0.1) is 0 Å². The van der Waals surface area contributed by atoms with E-state index in [0.717, 1.165) is 0 Å². The molecule has 0 aliphatic heterocycles. The molecule has 0 atom stereocenters. The summed E-state index contributed by atoms with van der Waals surface area (Å²) in [5.41, 5.74) is 0. The van der Waals surface area contributed by atoms with Gasteiger partial charge in [0.1, 0.15) is 0 Å². The monoisotopic (exact) mass is 280 g/mol. The third kappa shape index (κ3) is 68.4. The summed E-state index contributed by atoms with van der Waals surface area (Å²) in [4.78, 5) is 0. The van der Waals surface area contributed by atoms with E-state index in [9.17, 15) is 7.53 Å². The van der Waals surface area contributed by atoms with E-state index in [1.165, 1.54) is 0 Å². The second kappa shape index (κ2) is 1.44. The van der Waals surface area contributed by atoms with Crippen LogP contribution in [0.25, 0.3) is 0 Å². The molecule has 0 N–H and O–H groups in total. The third-order valence-electron chi connectivity index (χ3n) is 0. The first kappa shape index (κ1) is 5.71. The number of hydrogen-bond acceptors (Lipinski definition) is 0. The summed E-state index contributed by atoms with van der Waals surface area (Å²) in [7, 11) is 0. The van der Waals surface area contributed by atoms with Gasteiger partial charge in [-0.1, -0.05) is 0 Å². The number of rotatable bonds is 0. The van der Waals surface area contributed by atoms with Crippen LogP contribution in [-0.2, 0) is 0 Å². The Hall–Kier alpha value is 0.712. The molecule has 0 amide bonds. The molecule has 0 saturated heterocycles. The Labute approximate surface area is 35.4 Å². The van der Waals surface area contributed by atoms with Gasteiger partial charge in [0.25, 0.3) is 0 Å². The van der Waals surface area contributed by atoms with Crippen LogP contribution < -0.4 is 0 Å². The molecule has 0 bridgehead atoms. The Morgan fingerprint density at radius 2 is 1.20 bits per heavy atom. The Bertz CT molecular complexity index is 22.4. The predicted octanol–water partition coefficient (Wildman–Crippen LogP) is 1.46. The van der Waals surface area contributed by atoms with Crippen LogP contribution in [0.2, 0.25) is 4.48 Å². The van der Waals surface area contributed by atoms with Crippen molar-refractivity contribution in [3.8, 4) is 0 Å². The van der Waals surface area contributed by atoms with Crippen LogP contribution in [0.4, 0.5) is 7.53 Å². The van der Waals surface area contributed by atoms with Crippen molar-refractivity contribution in [2.45, 2.75) is 4.48 Å². The molecule has 5 heavy (non-hydrogen) atoms. The van der Waals surface area contributed by atoms with Gasteiger partial charge in [-0.15, -0.1) is 0 Å². The second-order valence-electron chi connectivity index (χ2n) is 0.781. The Morgan fingerprint density at radius 1 is 1.20 bits per heavy atom. The van der Waals surface area contributed by atoms with Crippen LogP contribution >= 0.6 is 0 Å². The topological polar surface area (TPSA) is 0 Å². The molecule has 4 heteroatoms. The number of halogens is 3. The maximum absolute atomic E-state index is 10.6. The SMILES string of the molecule is [CH3][Pb]([F])([F])[F]. The summed E-state index contributed by atoms with van der Waals surface area (Å²) in [5.74, 6) is 0. The minimum absolute atomic E-state index is 0.410. The molecule has 0 fully saturated rings. The van der Waals surface area contributed by atoms with Crippen molar-refractivity contribution >= 4 is 23.1 Å². The van der Waals surface area contributed by atoms with Gasteiger partial charge in [-0.25, -0.2) is 0 Å². The van der Waals surface area contributed by atoms with Gasteiger partial charge in [-0.05, 0) is 0 Å². The number of hydrogen-bond donors (Lipinski definition) is 0. The molecule has 0 nitrogen and oxygen atoms in total. The van der Waals surface area contributed by atoms with Crippen molar-refractivity contribution in [1.82, 2.24) is 0 Å². The van der Waals surface area contributed by atoms with Gasteiger partial charge < -0.3 is 0 Å². The zero-order valence-electron chi connectivity index (χ0n) is 2.63. The van der Waals surface area contributed by atoms with E-state index in [1.807, 2.05) is 0 Å². The Balaban J connectivity index is 3.02. The Morgan fingerprint density at radius 3 is 1.20 bits per heavy atom. The van der Waals surface area contributed by atoms with Gasteiger partial charge in [0.2, 0.25) is 0 Å². The second-order valence-corrected chi connectivity index (χ2v) is 6.86.